The van der Waals surface area contributed by atoms with Gasteiger partial charge in [0, 0.05) is 6.42 Å². The van der Waals surface area contributed by atoms with E-state index in [-0.39, 0.29) is 10.7 Å². The highest BCUT2D eigenvalue weighted by molar-refractivity contribution is 7.89. The van der Waals surface area contributed by atoms with Crippen molar-refractivity contribution in [3.63, 3.8) is 0 Å². The maximum atomic E-state index is 12.4. The average molecular weight is 357 g/mol. The molecule has 0 saturated heterocycles. The molecular formula is C16H23NO6S. The first-order chi connectivity index (χ1) is 11.0. The summed E-state index contributed by atoms with van der Waals surface area (Å²) in [6.45, 7) is 6.37. The van der Waals surface area contributed by atoms with Crippen LogP contribution in [0.15, 0.2) is 17.0 Å². The topological polar surface area (TPSA) is 110 Å². The molecule has 0 spiro atoms. The van der Waals surface area contributed by atoms with Gasteiger partial charge in [-0.3, -0.25) is 4.79 Å². The number of sulfonamides is 1. The molecular weight excluding hydrogens is 334 g/mol. The molecule has 0 amide bonds. The highest BCUT2D eigenvalue weighted by Crippen LogP contribution is 2.26. The van der Waals surface area contributed by atoms with Gasteiger partial charge in [-0.05, 0) is 57.4 Å². The lowest BCUT2D eigenvalue weighted by atomic mass is 10.1. The van der Waals surface area contributed by atoms with Crippen molar-refractivity contribution in [1.29, 1.82) is 0 Å². The molecule has 134 valence electrons. The Bertz CT molecular complexity index is 703. The second kappa shape index (κ2) is 8.25. The number of hydrogen-bond acceptors (Lipinski definition) is 5. The van der Waals surface area contributed by atoms with Crippen molar-refractivity contribution in [2.45, 2.75) is 51.5 Å². The second-order valence-electron chi connectivity index (χ2n) is 5.72. The number of aliphatic carboxylic acids is 1. The molecule has 0 aliphatic rings. The second-order valence-corrected chi connectivity index (χ2v) is 7.37. The molecule has 1 rings (SSSR count). The lowest BCUT2D eigenvalue weighted by molar-refractivity contribution is -0.138. The van der Waals surface area contributed by atoms with E-state index in [1.807, 2.05) is 0 Å². The smallest absolute Gasteiger partial charge is 0.321 e. The number of carbonyl (C=O) groups is 2. The van der Waals surface area contributed by atoms with Crippen LogP contribution in [0, 0.1) is 13.8 Å². The Hall–Kier alpha value is -1.93. The van der Waals surface area contributed by atoms with Crippen LogP contribution in [0.2, 0.25) is 0 Å². The first-order valence-corrected chi connectivity index (χ1v) is 9.01. The molecule has 1 unspecified atom stereocenters. The van der Waals surface area contributed by atoms with E-state index >= 15 is 0 Å². The van der Waals surface area contributed by atoms with Gasteiger partial charge >= 0.3 is 5.97 Å². The quantitative estimate of drug-likeness (QED) is 0.652. The van der Waals surface area contributed by atoms with Crippen LogP contribution in [0.1, 0.15) is 37.8 Å². The minimum Gasteiger partial charge on any atom is -0.494 e. The summed E-state index contributed by atoms with van der Waals surface area (Å²) in [6, 6.07) is 1.94. The van der Waals surface area contributed by atoms with E-state index in [0.29, 0.717) is 36.3 Å². The van der Waals surface area contributed by atoms with E-state index in [0.717, 1.165) is 0 Å². The van der Waals surface area contributed by atoms with Crippen molar-refractivity contribution in [3.05, 3.63) is 23.3 Å². The fraction of sp³-hybridized carbons (Fsp3) is 0.500. The Labute approximate surface area is 142 Å². The van der Waals surface area contributed by atoms with Crippen LogP contribution >= 0.6 is 0 Å². The number of benzene rings is 1. The Kier molecular flexibility index (Phi) is 6.92. The minimum atomic E-state index is -3.95. The summed E-state index contributed by atoms with van der Waals surface area (Å²) in [4.78, 5) is 21.8. The molecule has 0 radical (unpaired) electrons. The number of rotatable bonds is 9. The summed E-state index contributed by atoms with van der Waals surface area (Å²) >= 11 is 0. The zero-order valence-electron chi connectivity index (χ0n) is 14.3. The number of hydrogen-bond donors (Lipinski definition) is 2. The number of Topliss-reactive ketones (excluding diaryl/α,β-unsaturated/α-hetero) is 1. The fourth-order valence-corrected chi connectivity index (χ4v) is 3.92. The van der Waals surface area contributed by atoms with Crippen LogP contribution in [0.3, 0.4) is 0 Å². The molecule has 0 aliphatic carbocycles. The molecule has 0 heterocycles. The third-order valence-corrected chi connectivity index (χ3v) is 5.19. The van der Waals surface area contributed by atoms with Crippen LogP contribution < -0.4 is 9.46 Å². The van der Waals surface area contributed by atoms with Gasteiger partial charge in [0.25, 0.3) is 0 Å². The van der Waals surface area contributed by atoms with Crippen LogP contribution in [-0.2, 0) is 19.6 Å². The minimum absolute atomic E-state index is 0.0479. The van der Waals surface area contributed by atoms with E-state index < -0.39 is 22.0 Å². The van der Waals surface area contributed by atoms with Crippen molar-refractivity contribution in [2.24, 2.45) is 0 Å². The van der Waals surface area contributed by atoms with Gasteiger partial charge in [0.15, 0.2) is 0 Å². The average Bonchev–Trinajstić information content (AvgIpc) is 2.41. The first kappa shape index (κ1) is 20.1. The Morgan fingerprint density at radius 1 is 1.25 bits per heavy atom. The molecule has 0 fully saturated rings. The van der Waals surface area contributed by atoms with Crippen LogP contribution in [0.5, 0.6) is 5.75 Å². The molecule has 24 heavy (non-hydrogen) atoms. The monoisotopic (exact) mass is 357 g/mol. The largest absolute Gasteiger partial charge is 0.494 e. The van der Waals surface area contributed by atoms with E-state index in [4.69, 9.17) is 9.84 Å². The summed E-state index contributed by atoms with van der Waals surface area (Å²) in [5, 5.41) is 8.86. The molecule has 0 saturated carbocycles. The number of carboxylic acids is 1. The number of nitrogens with one attached hydrogen (secondary N) is 1. The third kappa shape index (κ3) is 5.61. The number of aryl methyl sites for hydroxylation is 2. The number of ketones is 1. The predicted molar refractivity (Wildman–Crippen MR) is 88.7 cm³/mol. The van der Waals surface area contributed by atoms with Gasteiger partial charge in [-0.15, -0.1) is 0 Å². The highest BCUT2D eigenvalue weighted by atomic mass is 32.2. The Morgan fingerprint density at radius 2 is 1.79 bits per heavy atom. The van der Waals surface area contributed by atoms with Gasteiger partial charge in [0.05, 0.1) is 11.5 Å². The number of ether oxygens (including phenoxy) is 1. The molecule has 0 aliphatic heterocycles. The van der Waals surface area contributed by atoms with Crippen LogP contribution in [0.25, 0.3) is 0 Å². The standard InChI is InChI=1S/C16H23NO6S/c1-10-8-14(23-7-5-6-12(3)18)9-11(2)15(10)24(21,22)17-13(4)16(19)20/h8-9,13,17H,5-7H2,1-4H3,(H,19,20). The zero-order valence-corrected chi connectivity index (χ0v) is 15.1. The van der Waals surface area contributed by atoms with E-state index in [1.165, 1.54) is 13.8 Å². The summed E-state index contributed by atoms with van der Waals surface area (Å²) in [5.74, 6) is -0.649. The Balaban J connectivity index is 2.95. The summed E-state index contributed by atoms with van der Waals surface area (Å²) in [6.07, 6.45) is 1.02. The van der Waals surface area contributed by atoms with Crippen molar-refractivity contribution in [3.8, 4) is 5.75 Å². The van der Waals surface area contributed by atoms with Crippen LogP contribution in [0.4, 0.5) is 0 Å². The third-order valence-electron chi connectivity index (χ3n) is 3.35. The number of carbonyl (C=O) groups excluding carboxylic acids is 1. The highest BCUT2D eigenvalue weighted by Gasteiger charge is 2.25. The zero-order chi connectivity index (χ0) is 18.5. The van der Waals surface area contributed by atoms with Gasteiger partial charge in [-0.2, -0.15) is 4.72 Å². The van der Waals surface area contributed by atoms with E-state index in [2.05, 4.69) is 4.72 Å². The fourth-order valence-electron chi connectivity index (χ4n) is 2.27. The maximum absolute atomic E-state index is 12.4. The van der Waals surface area contributed by atoms with E-state index in [1.54, 1.807) is 26.0 Å². The SMILES string of the molecule is CC(=O)CCCOc1cc(C)c(S(=O)(=O)NC(C)C(=O)O)c(C)c1. The molecule has 8 heteroatoms. The first-order valence-electron chi connectivity index (χ1n) is 7.53. The van der Waals surface area contributed by atoms with Gasteiger partial charge in [-0.1, -0.05) is 0 Å². The molecule has 1 atom stereocenters. The number of carboxylic acid groups (broad SMARTS) is 1. The molecule has 1 aromatic carbocycles. The van der Waals surface area contributed by atoms with Crippen molar-refractivity contribution < 1.29 is 27.9 Å². The normalized spacial score (nSPS) is 12.7. The lowest BCUT2D eigenvalue weighted by Crippen LogP contribution is -2.38. The summed E-state index contributed by atoms with van der Waals surface area (Å²) in [5.41, 5.74) is 0.920. The van der Waals surface area contributed by atoms with Gasteiger partial charge < -0.3 is 14.6 Å². The van der Waals surface area contributed by atoms with Crippen molar-refractivity contribution in [1.82, 2.24) is 4.72 Å². The van der Waals surface area contributed by atoms with Gasteiger partial charge in [0.1, 0.15) is 17.6 Å². The molecule has 7 nitrogen and oxygen atoms in total. The van der Waals surface area contributed by atoms with Gasteiger partial charge in [-0.25, -0.2) is 8.42 Å². The predicted octanol–water partition coefficient (Wildman–Crippen LogP) is 1.80. The lowest BCUT2D eigenvalue weighted by Gasteiger charge is -2.16. The summed E-state index contributed by atoms with van der Waals surface area (Å²) in [7, 11) is -3.95. The van der Waals surface area contributed by atoms with Crippen molar-refractivity contribution in [2.75, 3.05) is 6.61 Å². The summed E-state index contributed by atoms with van der Waals surface area (Å²) < 4.78 is 32.4. The van der Waals surface area contributed by atoms with E-state index in [9.17, 15) is 18.0 Å². The molecule has 0 aromatic heterocycles. The van der Waals surface area contributed by atoms with Crippen molar-refractivity contribution >= 4 is 21.8 Å². The Morgan fingerprint density at radius 3 is 2.25 bits per heavy atom. The van der Waals surface area contributed by atoms with Crippen LogP contribution in [-0.4, -0.2) is 37.9 Å². The molecule has 0 bridgehead atoms. The molecule has 1 aromatic rings. The molecule has 2 N–H and O–H groups in total. The van der Waals surface area contributed by atoms with Gasteiger partial charge in [0.2, 0.25) is 10.0 Å². The maximum Gasteiger partial charge on any atom is 0.321 e.